The molecule has 2 N–H and O–H groups in total. The quantitative estimate of drug-likeness (QED) is 0.698. The summed E-state index contributed by atoms with van der Waals surface area (Å²) in [5.74, 6) is 1.42. The molecule has 0 saturated heterocycles. The van der Waals surface area contributed by atoms with Gasteiger partial charge in [-0.15, -0.1) is 0 Å². The van der Waals surface area contributed by atoms with Gasteiger partial charge < -0.3 is 24.8 Å². The molecule has 20 heavy (non-hydrogen) atoms. The molecule has 0 saturated carbocycles. The van der Waals surface area contributed by atoms with Crippen LogP contribution in [-0.4, -0.2) is 52.5 Å². The summed E-state index contributed by atoms with van der Waals surface area (Å²) in [6, 6.07) is 5.72. The predicted octanol–water partition coefficient (Wildman–Crippen LogP) is 1.67. The summed E-state index contributed by atoms with van der Waals surface area (Å²) < 4.78 is 15.9. The van der Waals surface area contributed by atoms with Crippen LogP contribution in [0.1, 0.15) is 18.5 Å². The van der Waals surface area contributed by atoms with E-state index in [1.54, 1.807) is 14.2 Å². The molecule has 1 aromatic rings. The van der Waals surface area contributed by atoms with Crippen molar-refractivity contribution in [1.29, 1.82) is 0 Å². The van der Waals surface area contributed by atoms with Gasteiger partial charge in [0, 0.05) is 25.7 Å². The zero-order chi connectivity index (χ0) is 15.0. The first-order valence-corrected chi connectivity index (χ1v) is 6.86. The summed E-state index contributed by atoms with van der Waals surface area (Å²) in [5.41, 5.74) is 7.27. The van der Waals surface area contributed by atoms with Crippen molar-refractivity contribution in [3.05, 3.63) is 23.8 Å². The molecule has 1 rings (SSSR count). The molecule has 0 amide bonds. The summed E-state index contributed by atoms with van der Waals surface area (Å²) in [4.78, 5) is 2.16. The van der Waals surface area contributed by atoms with E-state index in [9.17, 15) is 0 Å². The number of nitrogens with two attached hydrogens (primary N) is 1. The molecule has 5 nitrogen and oxygen atoms in total. The molecule has 1 aromatic carbocycles. The van der Waals surface area contributed by atoms with E-state index in [0.29, 0.717) is 11.5 Å². The average Bonchev–Trinajstić information content (AvgIpc) is 2.46. The van der Waals surface area contributed by atoms with Crippen molar-refractivity contribution < 1.29 is 14.2 Å². The number of rotatable bonds is 9. The third kappa shape index (κ3) is 5.00. The van der Waals surface area contributed by atoms with Gasteiger partial charge in [0.05, 0.1) is 20.8 Å². The van der Waals surface area contributed by atoms with Gasteiger partial charge in [-0.2, -0.15) is 0 Å². The maximum Gasteiger partial charge on any atom is 0.161 e. The summed E-state index contributed by atoms with van der Waals surface area (Å²) in [6.45, 7) is 5.11. The monoisotopic (exact) mass is 282 g/mol. The maximum atomic E-state index is 6.24. The molecule has 0 aliphatic rings. The minimum Gasteiger partial charge on any atom is -0.493 e. The molecule has 114 valence electrons. The molecule has 0 spiro atoms. The number of hydrogen-bond donors (Lipinski definition) is 1. The fourth-order valence-electron chi connectivity index (χ4n) is 1.98. The fourth-order valence-corrected chi connectivity index (χ4v) is 1.98. The van der Waals surface area contributed by atoms with Crippen molar-refractivity contribution in [2.24, 2.45) is 5.73 Å². The number of methoxy groups -OCH3 is 2. The minimum atomic E-state index is -0.0681. The van der Waals surface area contributed by atoms with E-state index in [-0.39, 0.29) is 6.04 Å². The smallest absolute Gasteiger partial charge is 0.161 e. The number of ether oxygens (including phenoxy) is 3. The lowest BCUT2D eigenvalue weighted by molar-refractivity contribution is 0.120. The van der Waals surface area contributed by atoms with Crippen LogP contribution >= 0.6 is 0 Å². The van der Waals surface area contributed by atoms with Crippen molar-refractivity contribution in [3.63, 3.8) is 0 Å². The average molecular weight is 282 g/mol. The largest absolute Gasteiger partial charge is 0.493 e. The Hall–Kier alpha value is -1.30. The summed E-state index contributed by atoms with van der Waals surface area (Å²) in [6.07, 6.45) is 0. The SMILES string of the molecule is CCOCCN(C)CC(N)c1ccc(OC)c(OC)c1. The highest BCUT2D eigenvalue weighted by Gasteiger charge is 2.12. The van der Waals surface area contributed by atoms with E-state index >= 15 is 0 Å². The molecular weight excluding hydrogens is 256 g/mol. The van der Waals surface area contributed by atoms with Crippen molar-refractivity contribution in [2.45, 2.75) is 13.0 Å². The van der Waals surface area contributed by atoms with Gasteiger partial charge in [0.15, 0.2) is 11.5 Å². The van der Waals surface area contributed by atoms with Crippen LogP contribution in [0.25, 0.3) is 0 Å². The van der Waals surface area contributed by atoms with Gasteiger partial charge in [0.2, 0.25) is 0 Å². The van der Waals surface area contributed by atoms with Crippen LogP contribution in [-0.2, 0) is 4.74 Å². The molecule has 1 atom stereocenters. The Bertz CT molecular complexity index is 399. The Morgan fingerprint density at radius 3 is 2.50 bits per heavy atom. The zero-order valence-corrected chi connectivity index (χ0v) is 12.9. The highest BCUT2D eigenvalue weighted by atomic mass is 16.5. The fraction of sp³-hybridized carbons (Fsp3) is 0.600. The second-order valence-corrected chi connectivity index (χ2v) is 4.68. The molecule has 5 heteroatoms. The normalized spacial score (nSPS) is 12.5. The molecule has 0 bridgehead atoms. The Morgan fingerprint density at radius 2 is 1.90 bits per heavy atom. The predicted molar refractivity (Wildman–Crippen MR) is 80.5 cm³/mol. The van der Waals surface area contributed by atoms with Crippen LogP contribution in [0.3, 0.4) is 0 Å². The van der Waals surface area contributed by atoms with Gasteiger partial charge in [-0.1, -0.05) is 6.07 Å². The number of likely N-dealkylation sites (N-methyl/N-ethyl adjacent to an activating group) is 1. The molecule has 0 aromatic heterocycles. The lowest BCUT2D eigenvalue weighted by Gasteiger charge is -2.22. The van der Waals surface area contributed by atoms with E-state index in [2.05, 4.69) is 4.90 Å². The Kier molecular flexibility index (Phi) is 7.36. The number of benzene rings is 1. The third-order valence-electron chi connectivity index (χ3n) is 3.17. The van der Waals surface area contributed by atoms with E-state index in [1.807, 2.05) is 32.2 Å². The Labute approximate surface area is 121 Å². The molecule has 1 unspecified atom stereocenters. The van der Waals surface area contributed by atoms with Crippen LogP contribution in [0, 0.1) is 0 Å². The minimum absolute atomic E-state index is 0.0681. The maximum absolute atomic E-state index is 6.24. The van der Waals surface area contributed by atoms with Gasteiger partial charge in [-0.3, -0.25) is 0 Å². The lowest BCUT2D eigenvalue weighted by atomic mass is 10.1. The summed E-state index contributed by atoms with van der Waals surface area (Å²) >= 11 is 0. The number of nitrogens with zero attached hydrogens (tertiary/aromatic N) is 1. The van der Waals surface area contributed by atoms with Gasteiger partial charge in [0.1, 0.15) is 0 Å². The van der Waals surface area contributed by atoms with Crippen LogP contribution in [0.2, 0.25) is 0 Å². The number of hydrogen-bond acceptors (Lipinski definition) is 5. The van der Waals surface area contributed by atoms with Crippen LogP contribution in [0.4, 0.5) is 0 Å². The van der Waals surface area contributed by atoms with Gasteiger partial charge >= 0.3 is 0 Å². The van der Waals surface area contributed by atoms with E-state index in [4.69, 9.17) is 19.9 Å². The Balaban J connectivity index is 2.60. The van der Waals surface area contributed by atoms with Gasteiger partial charge in [-0.05, 0) is 31.7 Å². The molecular formula is C15H26N2O3. The zero-order valence-electron chi connectivity index (χ0n) is 12.9. The summed E-state index contributed by atoms with van der Waals surface area (Å²) in [5, 5.41) is 0. The van der Waals surface area contributed by atoms with Crippen LogP contribution < -0.4 is 15.2 Å². The summed E-state index contributed by atoms with van der Waals surface area (Å²) in [7, 11) is 5.29. The van der Waals surface area contributed by atoms with E-state index < -0.39 is 0 Å². The highest BCUT2D eigenvalue weighted by Crippen LogP contribution is 2.29. The van der Waals surface area contributed by atoms with Gasteiger partial charge in [0.25, 0.3) is 0 Å². The van der Waals surface area contributed by atoms with Crippen molar-refractivity contribution >= 4 is 0 Å². The second-order valence-electron chi connectivity index (χ2n) is 4.68. The first kappa shape index (κ1) is 16.8. The Morgan fingerprint density at radius 1 is 1.20 bits per heavy atom. The van der Waals surface area contributed by atoms with Crippen LogP contribution in [0.5, 0.6) is 11.5 Å². The first-order chi connectivity index (χ1) is 9.62. The molecule has 0 heterocycles. The standard InChI is InChI=1S/C15H26N2O3/c1-5-20-9-8-17(2)11-13(16)12-6-7-14(18-3)15(10-12)19-4/h6-7,10,13H,5,8-9,11,16H2,1-4H3. The van der Waals surface area contributed by atoms with Crippen molar-refractivity contribution in [2.75, 3.05) is 47.6 Å². The topological polar surface area (TPSA) is 57.0 Å². The highest BCUT2D eigenvalue weighted by molar-refractivity contribution is 5.43. The molecule has 0 fully saturated rings. The van der Waals surface area contributed by atoms with E-state index in [0.717, 1.165) is 31.9 Å². The third-order valence-corrected chi connectivity index (χ3v) is 3.17. The first-order valence-electron chi connectivity index (χ1n) is 6.86. The second kappa shape index (κ2) is 8.79. The van der Waals surface area contributed by atoms with Crippen molar-refractivity contribution in [3.8, 4) is 11.5 Å². The molecule has 0 aliphatic carbocycles. The van der Waals surface area contributed by atoms with Crippen LogP contribution in [0.15, 0.2) is 18.2 Å². The molecule has 0 radical (unpaired) electrons. The van der Waals surface area contributed by atoms with E-state index in [1.165, 1.54) is 0 Å². The molecule has 0 aliphatic heterocycles. The van der Waals surface area contributed by atoms with Crippen molar-refractivity contribution in [1.82, 2.24) is 4.90 Å². The van der Waals surface area contributed by atoms with Gasteiger partial charge in [-0.25, -0.2) is 0 Å². The lowest BCUT2D eigenvalue weighted by Crippen LogP contribution is -2.31.